The quantitative estimate of drug-likeness (QED) is 0.682. The molecule has 0 saturated carbocycles. The lowest BCUT2D eigenvalue weighted by Crippen LogP contribution is -2.14. The van der Waals surface area contributed by atoms with Crippen LogP contribution in [-0.2, 0) is 9.84 Å². The molecule has 0 bridgehead atoms. The number of sulfone groups is 1. The van der Waals surface area contributed by atoms with Crippen molar-refractivity contribution in [2.45, 2.75) is 18.7 Å². The van der Waals surface area contributed by atoms with E-state index >= 15 is 0 Å². The zero-order chi connectivity index (χ0) is 18.9. The molecule has 0 spiro atoms. The van der Waals surface area contributed by atoms with E-state index in [0.717, 1.165) is 16.5 Å². The lowest BCUT2D eigenvalue weighted by atomic mass is 10.1. The van der Waals surface area contributed by atoms with Crippen LogP contribution in [0.25, 0.3) is 11.0 Å². The molecule has 0 saturated heterocycles. The smallest absolute Gasteiger partial charge is 0.291 e. The third kappa shape index (κ3) is 3.28. The predicted molar refractivity (Wildman–Crippen MR) is 102 cm³/mol. The zero-order valence-corrected chi connectivity index (χ0v) is 15.4. The van der Waals surface area contributed by atoms with Gasteiger partial charge in [-0.15, -0.1) is 6.58 Å². The maximum absolute atomic E-state index is 12.7. The summed E-state index contributed by atoms with van der Waals surface area (Å²) in [4.78, 5) is 12.8. The summed E-state index contributed by atoms with van der Waals surface area (Å²) in [5.74, 6) is -0.364. The molecule has 3 rings (SSSR count). The van der Waals surface area contributed by atoms with Crippen LogP contribution in [0.2, 0.25) is 0 Å². The van der Waals surface area contributed by atoms with E-state index in [4.69, 9.17) is 4.42 Å². The van der Waals surface area contributed by atoms with E-state index in [0.29, 0.717) is 11.3 Å². The molecule has 0 fully saturated rings. The molecule has 1 aromatic heterocycles. The van der Waals surface area contributed by atoms with E-state index in [1.807, 2.05) is 25.1 Å². The number of anilines is 1. The van der Waals surface area contributed by atoms with Gasteiger partial charge in [0.05, 0.1) is 10.6 Å². The molecule has 0 aliphatic rings. The van der Waals surface area contributed by atoms with Crippen molar-refractivity contribution in [2.75, 3.05) is 11.1 Å². The Morgan fingerprint density at radius 1 is 1.19 bits per heavy atom. The highest BCUT2D eigenvalue weighted by atomic mass is 32.2. The summed E-state index contributed by atoms with van der Waals surface area (Å²) < 4.78 is 30.1. The van der Waals surface area contributed by atoms with Crippen LogP contribution in [0, 0.1) is 13.8 Å². The minimum Gasteiger partial charge on any atom is -0.451 e. The Morgan fingerprint density at radius 3 is 2.62 bits per heavy atom. The third-order valence-electron chi connectivity index (χ3n) is 4.20. The monoisotopic (exact) mass is 369 g/mol. The number of hydrogen-bond donors (Lipinski definition) is 1. The number of carbonyl (C=O) groups excluding carboxylic acids is 1. The molecule has 26 heavy (non-hydrogen) atoms. The number of furan rings is 1. The summed E-state index contributed by atoms with van der Waals surface area (Å²) >= 11 is 0. The number of hydrogen-bond acceptors (Lipinski definition) is 4. The van der Waals surface area contributed by atoms with Crippen molar-refractivity contribution < 1.29 is 17.6 Å². The molecule has 2 aromatic carbocycles. The molecule has 0 aliphatic carbocycles. The fourth-order valence-corrected chi connectivity index (χ4v) is 3.83. The van der Waals surface area contributed by atoms with Crippen molar-refractivity contribution in [2.24, 2.45) is 0 Å². The minimum absolute atomic E-state index is 0.139. The number of nitrogens with one attached hydrogen (secondary N) is 1. The molecule has 0 unspecified atom stereocenters. The Bertz CT molecular complexity index is 1110. The fraction of sp³-hybridized carbons (Fsp3) is 0.150. The standard InChI is InChI=1S/C20H19NO4S/c1-4-11-26(23,24)15-10-9-13(2)17(12-15)21-20(22)19-14(3)16-7-5-6-8-18(16)25-19/h4-10,12H,1,11H2,2-3H3,(H,21,22). The van der Waals surface area contributed by atoms with Gasteiger partial charge in [0.15, 0.2) is 15.6 Å². The zero-order valence-electron chi connectivity index (χ0n) is 14.6. The molecule has 0 atom stereocenters. The maximum atomic E-state index is 12.7. The highest BCUT2D eigenvalue weighted by molar-refractivity contribution is 7.91. The first-order chi connectivity index (χ1) is 12.3. The number of para-hydroxylation sites is 1. The second-order valence-electron chi connectivity index (χ2n) is 6.05. The highest BCUT2D eigenvalue weighted by Gasteiger charge is 2.19. The van der Waals surface area contributed by atoms with Gasteiger partial charge in [0.2, 0.25) is 0 Å². The van der Waals surface area contributed by atoms with Gasteiger partial charge in [0.25, 0.3) is 5.91 Å². The average molecular weight is 369 g/mol. The first kappa shape index (κ1) is 17.9. The van der Waals surface area contributed by atoms with Gasteiger partial charge in [-0.2, -0.15) is 0 Å². The molecule has 5 nitrogen and oxygen atoms in total. The van der Waals surface area contributed by atoms with Crippen LogP contribution in [0.5, 0.6) is 0 Å². The molecule has 1 heterocycles. The van der Waals surface area contributed by atoms with Gasteiger partial charge in [-0.05, 0) is 37.6 Å². The van der Waals surface area contributed by atoms with Crippen LogP contribution >= 0.6 is 0 Å². The second-order valence-corrected chi connectivity index (χ2v) is 8.09. The summed E-state index contributed by atoms with van der Waals surface area (Å²) in [6, 6.07) is 12.1. The number of benzene rings is 2. The predicted octanol–water partition coefficient (Wildman–Crippen LogP) is 4.26. The molecule has 1 N–H and O–H groups in total. The van der Waals surface area contributed by atoms with Crippen LogP contribution in [0.15, 0.2) is 64.4 Å². The average Bonchev–Trinajstić information content (AvgIpc) is 2.94. The van der Waals surface area contributed by atoms with Crippen LogP contribution < -0.4 is 5.32 Å². The van der Waals surface area contributed by atoms with Crippen molar-refractivity contribution in [3.05, 3.63) is 72.0 Å². The molecular formula is C20H19NO4S. The fourth-order valence-electron chi connectivity index (χ4n) is 2.75. The normalized spacial score (nSPS) is 11.5. The number of amides is 1. The lowest BCUT2D eigenvalue weighted by Gasteiger charge is -2.10. The third-order valence-corrected chi connectivity index (χ3v) is 5.85. The topological polar surface area (TPSA) is 76.4 Å². The number of carbonyl (C=O) groups is 1. The molecular weight excluding hydrogens is 350 g/mol. The van der Waals surface area contributed by atoms with Gasteiger partial charge in [-0.3, -0.25) is 4.79 Å². The summed E-state index contributed by atoms with van der Waals surface area (Å²) in [5, 5.41) is 3.63. The van der Waals surface area contributed by atoms with Crippen molar-refractivity contribution in [1.82, 2.24) is 0 Å². The van der Waals surface area contributed by atoms with Crippen LogP contribution in [-0.4, -0.2) is 20.1 Å². The largest absolute Gasteiger partial charge is 0.451 e. The van der Waals surface area contributed by atoms with Gasteiger partial charge >= 0.3 is 0 Å². The Labute approximate surface area is 152 Å². The van der Waals surface area contributed by atoms with Crippen molar-refractivity contribution >= 4 is 32.4 Å². The summed E-state index contributed by atoms with van der Waals surface area (Å²) in [6.07, 6.45) is 1.34. The lowest BCUT2D eigenvalue weighted by molar-refractivity contribution is 0.0997. The van der Waals surface area contributed by atoms with Gasteiger partial charge < -0.3 is 9.73 Å². The van der Waals surface area contributed by atoms with Crippen LogP contribution in [0.4, 0.5) is 5.69 Å². The van der Waals surface area contributed by atoms with E-state index in [9.17, 15) is 13.2 Å². The van der Waals surface area contributed by atoms with Gasteiger partial charge in [0, 0.05) is 16.6 Å². The van der Waals surface area contributed by atoms with Gasteiger partial charge in [-0.25, -0.2) is 8.42 Å². The van der Waals surface area contributed by atoms with Crippen molar-refractivity contribution in [3.63, 3.8) is 0 Å². The second kappa shape index (κ2) is 6.80. The number of fused-ring (bicyclic) bond motifs is 1. The summed E-state index contributed by atoms with van der Waals surface area (Å²) in [7, 11) is -3.47. The SMILES string of the molecule is C=CCS(=O)(=O)c1ccc(C)c(NC(=O)c2oc3ccccc3c2C)c1. The molecule has 6 heteroatoms. The molecule has 1 amide bonds. The number of rotatable bonds is 5. The minimum atomic E-state index is -3.47. The summed E-state index contributed by atoms with van der Waals surface area (Å²) in [6.45, 7) is 7.08. The Morgan fingerprint density at radius 2 is 1.92 bits per heavy atom. The van der Waals surface area contributed by atoms with Crippen molar-refractivity contribution in [1.29, 1.82) is 0 Å². The van der Waals surface area contributed by atoms with Crippen molar-refractivity contribution in [3.8, 4) is 0 Å². The Balaban J connectivity index is 1.96. The van der Waals surface area contributed by atoms with E-state index in [-0.39, 0.29) is 16.4 Å². The van der Waals surface area contributed by atoms with Gasteiger partial charge in [0.1, 0.15) is 5.58 Å². The number of aryl methyl sites for hydroxylation is 2. The van der Waals surface area contributed by atoms with Crippen LogP contribution in [0.3, 0.4) is 0 Å². The molecule has 0 aliphatic heterocycles. The first-order valence-corrected chi connectivity index (χ1v) is 9.72. The van der Waals surface area contributed by atoms with E-state index in [2.05, 4.69) is 11.9 Å². The maximum Gasteiger partial charge on any atom is 0.291 e. The molecule has 0 radical (unpaired) electrons. The molecule has 3 aromatic rings. The summed E-state index contributed by atoms with van der Waals surface area (Å²) in [5.41, 5.74) is 2.56. The van der Waals surface area contributed by atoms with E-state index < -0.39 is 15.7 Å². The highest BCUT2D eigenvalue weighted by Crippen LogP contribution is 2.27. The molecule has 134 valence electrons. The van der Waals surface area contributed by atoms with Gasteiger partial charge in [-0.1, -0.05) is 30.3 Å². The van der Waals surface area contributed by atoms with E-state index in [1.165, 1.54) is 18.2 Å². The Kier molecular flexibility index (Phi) is 4.70. The van der Waals surface area contributed by atoms with E-state index in [1.54, 1.807) is 19.1 Å². The first-order valence-electron chi connectivity index (χ1n) is 8.07. The Hall–Kier alpha value is -2.86. The van der Waals surface area contributed by atoms with Crippen LogP contribution in [0.1, 0.15) is 21.7 Å².